The lowest BCUT2D eigenvalue weighted by Gasteiger charge is -2.36. The molecule has 4 N–H and O–H groups in total. The van der Waals surface area contributed by atoms with E-state index in [-0.39, 0.29) is 31.3 Å². The summed E-state index contributed by atoms with van der Waals surface area (Å²) in [4.78, 5) is 53.4. The molecule has 1 aliphatic rings. The Labute approximate surface area is 220 Å². The van der Waals surface area contributed by atoms with Crippen molar-refractivity contribution in [3.63, 3.8) is 0 Å². The molecule has 0 aliphatic heterocycles. The number of alkyl carbamates (subject to hydrolysis) is 1. The van der Waals surface area contributed by atoms with Crippen molar-refractivity contribution in [3.05, 3.63) is 34.9 Å². The fourth-order valence-corrected chi connectivity index (χ4v) is 4.87. The van der Waals surface area contributed by atoms with Crippen LogP contribution in [0.2, 0.25) is 0 Å². The molecule has 4 amide bonds. The molecule has 0 aromatic heterocycles. The van der Waals surface area contributed by atoms with E-state index in [0.717, 1.165) is 48.8 Å². The van der Waals surface area contributed by atoms with Crippen LogP contribution >= 0.6 is 0 Å². The van der Waals surface area contributed by atoms with Crippen molar-refractivity contribution in [3.8, 4) is 0 Å². The summed E-state index contributed by atoms with van der Waals surface area (Å²) in [5.74, 6) is -1.31. The average molecular weight is 517 g/mol. The number of aryl methyl sites for hydroxylation is 2. The highest BCUT2D eigenvalue weighted by atomic mass is 16.6. The number of amides is 4. The van der Waals surface area contributed by atoms with Gasteiger partial charge in [0.15, 0.2) is 0 Å². The SMILES string of the molecule is CCN(C(=O)C(CCC(N)=O)NC(=O)OC(C)(C)C)C(C(=O)NC1CCCCC1)c1c(C)cccc1C. The molecule has 0 radical (unpaired) electrons. The largest absolute Gasteiger partial charge is 0.444 e. The molecule has 1 saturated carbocycles. The van der Waals surface area contributed by atoms with Gasteiger partial charge in [-0.05, 0) is 77.5 Å². The standard InChI is InChI=1S/C28H44N4O5/c1-7-32(26(35)21(16-17-22(29)33)31-27(36)37-28(4,5)6)24(23-18(2)12-11-13-19(23)3)25(34)30-20-14-9-8-10-15-20/h11-13,20-21,24H,7-10,14-17H2,1-6H3,(H2,29,33)(H,30,34)(H,31,36). The number of carbonyl (C=O) groups excluding carboxylic acids is 4. The van der Waals surface area contributed by atoms with E-state index in [1.807, 2.05) is 32.0 Å². The van der Waals surface area contributed by atoms with Crippen LogP contribution in [0.5, 0.6) is 0 Å². The molecule has 37 heavy (non-hydrogen) atoms. The van der Waals surface area contributed by atoms with Crippen LogP contribution in [0.4, 0.5) is 4.79 Å². The number of nitrogens with one attached hydrogen (secondary N) is 2. The summed E-state index contributed by atoms with van der Waals surface area (Å²) >= 11 is 0. The number of nitrogens with zero attached hydrogens (tertiary/aromatic N) is 1. The molecule has 2 rings (SSSR count). The summed E-state index contributed by atoms with van der Waals surface area (Å²) in [7, 11) is 0. The van der Waals surface area contributed by atoms with E-state index in [1.54, 1.807) is 27.7 Å². The Morgan fingerprint density at radius 3 is 2.19 bits per heavy atom. The topological polar surface area (TPSA) is 131 Å². The number of hydrogen-bond donors (Lipinski definition) is 3. The highest BCUT2D eigenvalue weighted by Gasteiger charge is 2.37. The van der Waals surface area contributed by atoms with Crippen molar-refractivity contribution in [2.75, 3.05) is 6.54 Å². The Morgan fingerprint density at radius 2 is 1.68 bits per heavy atom. The lowest BCUT2D eigenvalue weighted by molar-refractivity contribution is -0.142. The van der Waals surface area contributed by atoms with Gasteiger partial charge in [-0.2, -0.15) is 0 Å². The molecule has 0 heterocycles. The second-order valence-corrected chi connectivity index (χ2v) is 10.9. The Bertz CT molecular complexity index is 946. The van der Waals surface area contributed by atoms with Crippen LogP contribution in [0.15, 0.2) is 18.2 Å². The Morgan fingerprint density at radius 1 is 1.08 bits per heavy atom. The highest BCUT2D eigenvalue weighted by Crippen LogP contribution is 2.30. The predicted molar refractivity (Wildman–Crippen MR) is 143 cm³/mol. The molecule has 1 aliphatic carbocycles. The van der Waals surface area contributed by atoms with Gasteiger partial charge in [0, 0.05) is 19.0 Å². The number of rotatable bonds is 10. The Balaban J connectivity index is 2.45. The highest BCUT2D eigenvalue weighted by molar-refractivity contribution is 5.93. The van der Waals surface area contributed by atoms with Gasteiger partial charge in [0.2, 0.25) is 17.7 Å². The molecule has 0 spiro atoms. The molecular weight excluding hydrogens is 472 g/mol. The lowest BCUT2D eigenvalue weighted by Crippen LogP contribution is -2.54. The van der Waals surface area contributed by atoms with E-state index in [0.29, 0.717) is 0 Å². The zero-order valence-electron chi connectivity index (χ0n) is 23.2. The fourth-order valence-electron chi connectivity index (χ4n) is 4.87. The summed E-state index contributed by atoms with van der Waals surface area (Å²) in [5, 5.41) is 5.79. The van der Waals surface area contributed by atoms with Crippen molar-refractivity contribution in [2.24, 2.45) is 5.73 Å². The average Bonchev–Trinajstić information content (AvgIpc) is 2.80. The summed E-state index contributed by atoms with van der Waals surface area (Å²) in [6, 6.07) is 3.85. The first-order valence-electron chi connectivity index (χ1n) is 13.3. The Kier molecular flexibility index (Phi) is 10.9. The van der Waals surface area contributed by atoms with E-state index in [1.165, 1.54) is 4.90 Å². The van der Waals surface area contributed by atoms with Crippen LogP contribution in [0.1, 0.15) is 95.4 Å². The third kappa shape index (κ3) is 9.05. The van der Waals surface area contributed by atoms with E-state index >= 15 is 0 Å². The summed E-state index contributed by atoms with van der Waals surface area (Å²) < 4.78 is 5.35. The van der Waals surface area contributed by atoms with Crippen molar-refractivity contribution in [1.29, 1.82) is 0 Å². The molecule has 2 unspecified atom stereocenters. The number of primary amides is 1. The van der Waals surface area contributed by atoms with Crippen LogP contribution < -0.4 is 16.4 Å². The van der Waals surface area contributed by atoms with E-state index in [9.17, 15) is 19.2 Å². The normalized spacial score (nSPS) is 15.8. The maximum atomic E-state index is 13.9. The van der Waals surface area contributed by atoms with Crippen molar-refractivity contribution >= 4 is 23.8 Å². The van der Waals surface area contributed by atoms with Gasteiger partial charge in [-0.3, -0.25) is 14.4 Å². The van der Waals surface area contributed by atoms with Gasteiger partial charge in [-0.25, -0.2) is 4.79 Å². The molecule has 1 aromatic carbocycles. The van der Waals surface area contributed by atoms with Crippen molar-refractivity contribution in [1.82, 2.24) is 15.5 Å². The zero-order valence-corrected chi connectivity index (χ0v) is 23.2. The summed E-state index contributed by atoms with van der Waals surface area (Å²) in [6.45, 7) is 11.0. The minimum Gasteiger partial charge on any atom is -0.444 e. The second-order valence-electron chi connectivity index (χ2n) is 10.9. The number of hydrogen-bond acceptors (Lipinski definition) is 5. The van der Waals surface area contributed by atoms with Gasteiger partial charge in [0.1, 0.15) is 17.7 Å². The predicted octanol–water partition coefficient (Wildman–Crippen LogP) is 3.80. The smallest absolute Gasteiger partial charge is 0.408 e. The quantitative estimate of drug-likeness (QED) is 0.435. The minimum atomic E-state index is -1.09. The minimum absolute atomic E-state index is 0.00632. The molecular formula is C28H44N4O5. The lowest BCUT2D eigenvalue weighted by atomic mass is 9.91. The first kappa shape index (κ1) is 30.1. The van der Waals surface area contributed by atoms with Crippen LogP contribution in [-0.4, -0.2) is 52.9 Å². The van der Waals surface area contributed by atoms with Crippen LogP contribution in [0.3, 0.4) is 0 Å². The Hall–Kier alpha value is -3.10. The van der Waals surface area contributed by atoms with E-state index in [4.69, 9.17) is 10.5 Å². The summed E-state index contributed by atoms with van der Waals surface area (Å²) in [6.07, 6.45) is 4.21. The van der Waals surface area contributed by atoms with Gasteiger partial charge in [-0.1, -0.05) is 37.5 Å². The number of nitrogens with two attached hydrogens (primary N) is 1. The second kappa shape index (κ2) is 13.4. The van der Waals surface area contributed by atoms with Gasteiger partial charge >= 0.3 is 6.09 Å². The molecule has 206 valence electrons. The van der Waals surface area contributed by atoms with Gasteiger partial charge in [0.05, 0.1) is 0 Å². The monoisotopic (exact) mass is 516 g/mol. The molecule has 9 heteroatoms. The fraction of sp³-hybridized carbons (Fsp3) is 0.643. The maximum absolute atomic E-state index is 13.9. The first-order valence-corrected chi connectivity index (χ1v) is 13.3. The molecule has 9 nitrogen and oxygen atoms in total. The third-order valence-electron chi connectivity index (χ3n) is 6.62. The third-order valence-corrected chi connectivity index (χ3v) is 6.62. The first-order chi connectivity index (χ1) is 17.3. The van der Waals surface area contributed by atoms with Crippen LogP contribution in [0, 0.1) is 13.8 Å². The number of benzene rings is 1. The summed E-state index contributed by atoms with van der Waals surface area (Å²) in [5.41, 5.74) is 7.13. The van der Waals surface area contributed by atoms with E-state index < -0.39 is 35.6 Å². The van der Waals surface area contributed by atoms with E-state index in [2.05, 4.69) is 10.6 Å². The molecule has 0 saturated heterocycles. The number of likely N-dealkylation sites (N-methyl/N-ethyl adjacent to an activating group) is 1. The number of ether oxygens (including phenoxy) is 1. The van der Waals surface area contributed by atoms with Crippen LogP contribution in [0.25, 0.3) is 0 Å². The van der Waals surface area contributed by atoms with Gasteiger partial charge in [0.25, 0.3) is 0 Å². The molecule has 1 aromatic rings. The van der Waals surface area contributed by atoms with Gasteiger partial charge in [-0.15, -0.1) is 0 Å². The number of carbonyl (C=O) groups is 4. The molecule has 0 bridgehead atoms. The molecule has 1 fully saturated rings. The van der Waals surface area contributed by atoms with Gasteiger partial charge < -0.3 is 26.0 Å². The van der Waals surface area contributed by atoms with Crippen LogP contribution in [-0.2, 0) is 19.1 Å². The maximum Gasteiger partial charge on any atom is 0.408 e. The van der Waals surface area contributed by atoms with Crippen molar-refractivity contribution < 1.29 is 23.9 Å². The zero-order chi connectivity index (χ0) is 27.8. The van der Waals surface area contributed by atoms with Crippen molar-refractivity contribution in [2.45, 2.75) is 110 Å². The molecule has 2 atom stereocenters.